The van der Waals surface area contributed by atoms with Crippen molar-refractivity contribution in [3.05, 3.63) is 0 Å². The first-order valence-corrected chi connectivity index (χ1v) is 2.78. The Kier molecular flexibility index (Phi) is 1.27. The predicted octanol–water partition coefficient (Wildman–Crippen LogP) is 2.13. The molecule has 0 heterocycles. The Balaban J connectivity index is 5.06. The van der Waals surface area contributed by atoms with Gasteiger partial charge in [0.2, 0.25) is 0 Å². The normalized spacial score (nSPS) is 26.8. The summed E-state index contributed by atoms with van der Waals surface area (Å²) in [6.45, 7) is -5.47. The number of alkyl halides is 1. The van der Waals surface area contributed by atoms with Crippen molar-refractivity contribution >= 4 is 17.8 Å². The first-order valence-electron chi connectivity index (χ1n) is 5.85. The Hall–Kier alpha value is -0.440. The number of hydrogen-bond acceptors (Lipinski definition) is 3. The molecule has 10 heavy (non-hydrogen) atoms. The van der Waals surface area contributed by atoms with Gasteiger partial charge in [-0.2, -0.15) is 0 Å². The Bertz CT molecular complexity index is 270. The van der Waals surface area contributed by atoms with Crippen molar-refractivity contribution in [2.24, 2.45) is 0 Å². The third-order valence-corrected chi connectivity index (χ3v) is 0.533. The maximum Gasteiger partial charge on any atom is 0.510 e. The van der Waals surface area contributed by atoms with Crippen LogP contribution in [-0.2, 0) is 9.47 Å². The van der Waals surface area contributed by atoms with Gasteiger partial charge in [0.1, 0.15) is 0 Å². The lowest BCUT2D eigenvalue weighted by atomic mass is 10.5. The second kappa shape index (κ2) is 4.39. The van der Waals surface area contributed by atoms with Gasteiger partial charge in [0.25, 0.3) is 0 Å². The standard InChI is InChI=1S/C6H11ClO3/c1-4(2)9-6(8)10-5(3)7/h4-5H,1-3H3/i1D3,2D3,4D. The van der Waals surface area contributed by atoms with E-state index in [1.807, 2.05) is 0 Å². The van der Waals surface area contributed by atoms with Crippen molar-refractivity contribution in [2.75, 3.05) is 0 Å². The topological polar surface area (TPSA) is 35.5 Å². The molecule has 1 unspecified atom stereocenters. The van der Waals surface area contributed by atoms with E-state index in [2.05, 4.69) is 9.47 Å². The van der Waals surface area contributed by atoms with E-state index in [0.29, 0.717) is 0 Å². The van der Waals surface area contributed by atoms with Gasteiger partial charge in [-0.25, -0.2) is 4.79 Å². The smallest absolute Gasteiger partial charge is 0.432 e. The van der Waals surface area contributed by atoms with E-state index in [9.17, 15) is 4.79 Å². The van der Waals surface area contributed by atoms with Crippen molar-refractivity contribution < 1.29 is 23.9 Å². The lowest BCUT2D eigenvalue weighted by Crippen LogP contribution is -2.15. The van der Waals surface area contributed by atoms with Gasteiger partial charge in [0.15, 0.2) is 5.56 Å². The molecule has 0 fully saturated rings. The van der Waals surface area contributed by atoms with Crippen molar-refractivity contribution in [3.8, 4) is 0 Å². The van der Waals surface area contributed by atoms with Crippen LogP contribution in [0.25, 0.3) is 0 Å². The highest BCUT2D eigenvalue weighted by atomic mass is 35.5. The summed E-state index contributed by atoms with van der Waals surface area (Å²) in [6.07, 6.45) is -5.03. The van der Waals surface area contributed by atoms with Crippen molar-refractivity contribution in [3.63, 3.8) is 0 Å². The summed E-state index contributed by atoms with van der Waals surface area (Å²) in [7, 11) is 0. The number of rotatable bonds is 2. The molecule has 0 radical (unpaired) electrons. The van der Waals surface area contributed by atoms with Crippen LogP contribution in [0, 0.1) is 0 Å². The summed E-state index contributed by atoms with van der Waals surface area (Å²) in [6, 6.07) is 0. The molecule has 0 amide bonds. The quantitative estimate of drug-likeness (QED) is 0.474. The van der Waals surface area contributed by atoms with Crippen molar-refractivity contribution in [1.82, 2.24) is 0 Å². The van der Waals surface area contributed by atoms with E-state index < -0.39 is 31.5 Å². The first kappa shape index (κ1) is 2.89. The van der Waals surface area contributed by atoms with Crippen LogP contribution in [0.5, 0.6) is 0 Å². The number of carbonyl (C=O) groups is 1. The zero-order valence-corrected chi connectivity index (χ0v) is 5.94. The molecule has 0 bridgehead atoms. The van der Waals surface area contributed by atoms with Gasteiger partial charge in [-0.15, -0.1) is 0 Å². The first-order chi connectivity index (χ1) is 7.31. The molecule has 0 N–H and O–H groups in total. The molecule has 0 aromatic carbocycles. The molecule has 0 aromatic rings. The lowest BCUT2D eigenvalue weighted by Gasteiger charge is -2.08. The van der Waals surface area contributed by atoms with Crippen LogP contribution >= 0.6 is 11.6 Å². The summed E-state index contributed by atoms with van der Waals surface area (Å²) in [4.78, 5) is 11.0. The van der Waals surface area contributed by atoms with Gasteiger partial charge in [0.05, 0.1) is 7.45 Å². The largest absolute Gasteiger partial charge is 0.510 e. The molecule has 0 saturated carbocycles. The minimum absolute atomic E-state index is 1.14. The van der Waals surface area contributed by atoms with E-state index in [1.165, 1.54) is 6.92 Å². The fourth-order valence-electron chi connectivity index (χ4n) is 0.240. The van der Waals surface area contributed by atoms with E-state index >= 15 is 0 Å². The molecule has 0 aliphatic carbocycles. The second-order valence-corrected chi connectivity index (χ2v) is 1.96. The van der Waals surface area contributed by atoms with Gasteiger partial charge < -0.3 is 9.47 Å². The maximum atomic E-state index is 11.0. The molecule has 0 aliphatic heterocycles. The van der Waals surface area contributed by atoms with E-state index in [0.717, 1.165) is 0 Å². The maximum absolute atomic E-state index is 11.0. The second-order valence-electron chi connectivity index (χ2n) is 1.34. The average Bonchev–Trinajstić information content (AvgIpc) is 1.97. The third-order valence-electron chi connectivity index (χ3n) is 0.444. The molecule has 4 heteroatoms. The highest BCUT2D eigenvalue weighted by molar-refractivity contribution is 6.19. The molecule has 0 aromatic heterocycles. The highest BCUT2D eigenvalue weighted by Gasteiger charge is 2.08. The molecule has 0 rings (SSSR count). The minimum atomic E-state index is -3.40. The molecule has 0 aliphatic rings. The fraction of sp³-hybridized carbons (Fsp3) is 0.833. The highest BCUT2D eigenvalue weighted by Crippen LogP contribution is 2.00. The molecule has 0 spiro atoms. The molecular formula is C6H11ClO3. The summed E-state index contributed by atoms with van der Waals surface area (Å²) in [5, 5.41) is 0. The third kappa shape index (κ3) is 5.69. The molecule has 3 nitrogen and oxygen atoms in total. The van der Waals surface area contributed by atoms with Gasteiger partial charge >= 0.3 is 6.16 Å². The Labute approximate surface area is 75.1 Å². The average molecular weight is 174 g/mol. The van der Waals surface area contributed by atoms with Gasteiger partial charge in [-0.1, -0.05) is 11.6 Å². The Morgan fingerprint density at radius 1 is 1.70 bits per heavy atom. The SMILES string of the molecule is [2H]C([2H])([2H])C([2H])(OC(=O)OC(C)Cl)C([2H])([2H])[2H]. The van der Waals surface area contributed by atoms with E-state index in [-0.39, 0.29) is 0 Å². The van der Waals surface area contributed by atoms with Crippen LogP contribution in [0.2, 0.25) is 0 Å². The minimum Gasteiger partial charge on any atom is -0.432 e. The summed E-state index contributed by atoms with van der Waals surface area (Å²) in [5.41, 5.74) is -1.14. The van der Waals surface area contributed by atoms with Crippen LogP contribution in [0.3, 0.4) is 0 Å². The van der Waals surface area contributed by atoms with Crippen LogP contribution in [0.4, 0.5) is 4.79 Å². The zero-order valence-electron chi connectivity index (χ0n) is 12.2. The summed E-state index contributed by atoms with van der Waals surface area (Å²) >= 11 is 5.26. The molecular weight excluding hydrogens is 156 g/mol. The van der Waals surface area contributed by atoms with Gasteiger partial charge in [-0.05, 0) is 20.6 Å². The zero-order chi connectivity index (χ0) is 14.1. The molecule has 1 atom stereocenters. The number of ether oxygens (including phenoxy) is 2. The van der Waals surface area contributed by atoms with Crippen LogP contribution < -0.4 is 0 Å². The van der Waals surface area contributed by atoms with Crippen LogP contribution in [-0.4, -0.2) is 17.8 Å². The number of carbonyl (C=O) groups excluding carboxylic acids is 1. The molecule has 0 saturated heterocycles. The van der Waals surface area contributed by atoms with Crippen LogP contribution in [0.15, 0.2) is 0 Å². The summed E-state index contributed by atoms with van der Waals surface area (Å²) in [5.74, 6) is 0. The van der Waals surface area contributed by atoms with Crippen molar-refractivity contribution in [2.45, 2.75) is 32.3 Å². The Morgan fingerprint density at radius 3 is 2.70 bits per heavy atom. The van der Waals surface area contributed by atoms with Gasteiger partial charge in [-0.3, -0.25) is 0 Å². The molecule has 60 valence electrons. The summed E-state index contributed by atoms with van der Waals surface area (Å²) < 4.78 is 57.2. The van der Waals surface area contributed by atoms with E-state index in [4.69, 9.17) is 21.2 Å². The predicted molar refractivity (Wildman–Crippen MR) is 38.0 cm³/mol. The monoisotopic (exact) mass is 173 g/mol. The van der Waals surface area contributed by atoms with Gasteiger partial charge in [0, 0.05) is 8.22 Å². The van der Waals surface area contributed by atoms with E-state index in [1.54, 1.807) is 0 Å². The fourth-order valence-corrected chi connectivity index (χ4v) is 0.313. The number of hydrogen-bond donors (Lipinski definition) is 0. The number of halogens is 1. The van der Waals surface area contributed by atoms with Crippen molar-refractivity contribution in [1.29, 1.82) is 0 Å². The van der Waals surface area contributed by atoms with Crippen LogP contribution in [0.1, 0.15) is 30.2 Å². The lowest BCUT2D eigenvalue weighted by molar-refractivity contribution is 0.0298. The Morgan fingerprint density at radius 2 is 2.30 bits per heavy atom.